The first-order chi connectivity index (χ1) is 7.16. The van der Waals surface area contributed by atoms with Crippen molar-refractivity contribution in [3.63, 3.8) is 0 Å². The molecule has 1 atom stereocenters. The molecule has 1 aromatic heterocycles. The summed E-state index contributed by atoms with van der Waals surface area (Å²) in [6.07, 6.45) is 2.56. The molecule has 1 aromatic rings. The molecule has 1 aliphatic heterocycles. The average molecular weight is 209 g/mol. The van der Waals surface area contributed by atoms with Gasteiger partial charge in [0.2, 0.25) is 5.89 Å². The number of nitrogens with zero attached hydrogens (tertiary/aromatic N) is 3. The Labute approximate surface area is 90.7 Å². The van der Waals surface area contributed by atoms with Gasteiger partial charge in [-0.2, -0.15) is 4.98 Å². The lowest BCUT2D eigenvalue weighted by Crippen LogP contribution is -2.38. The Bertz CT molecular complexity index is 321. The van der Waals surface area contributed by atoms with E-state index in [-0.39, 0.29) is 0 Å². The largest absolute Gasteiger partial charge is 0.338 e. The van der Waals surface area contributed by atoms with Gasteiger partial charge in [0.25, 0.3) is 5.95 Å². The van der Waals surface area contributed by atoms with Crippen LogP contribution in [0.15, 0.2) is 4.52 Å². The van der Waals surface area contributed by atoms with Crippen molar-refractivity contribution in [2.24, 2.45) is 11.8 Å². The molecule has 0 aromatic carbocycles. The molecule has 15 heavy (non-hydrogen) atoms. The lowest BCUT2D eigenvalue weighted by atomic mass is 9.88. The van der Waals surface area contributed by atoms with Gasteiger partial charge in [-0.3, -0.25) is 0 Å². The average Bonchev–Trinajstić information content (AvgIpc) is 2.65. The first-order valence-corrected chi connectivity index (χ1v) is 5.72. The molecule has 0 bridgehead atoms. The molecule has 1 aliphatic rings. The Kier molecular flexibility index (Phi) is 2.93. The van der Waals surface area contributed by atoms with Crippen molar-refractivity contribution in [3.8, 4) is 0 Å². The molecule has 1 saturated heterocycles. The van der Waals surface area contributed by atoms with E-state index in [9.17, 15) is 0 Å². The maximum absolute atomic E-state index is 5.01. The maximum atomic E-state index is 5.01. The molecule has 4 heteroatoms. The van der Waals surface area contributed by atoms with Crippen LogP contribution in [0.1, 0.15) is 32.6 Å². The molecule has 1 fully saturated rings. The van der Waals surface area contributed by atoms with Crippen molar-refractivity contribution >= 4 is 5.95 Å². The van der Waals surface area contributed by atoms with Crippen LogP contribution in [0.5, 0.6) is 0 Å². The van der Waals surface area contributed by atoms with Gasteiger partial charge in [-0.05, 0) is 29.8 Å². The molecule has 4 nitrogen and oxygen atoms in total. The lowest BCUT2D eigenvalue weighted by molar-refractivity contribution is 0.317. The van der Waals surface area contributed by atoms with Crippen molar-refractivity contribution in [2.45, 2.75) is 33.6 Å². The molecule has 0 amide bonds. The smallest absolute Gasteiger partial charge is 0.266 e. The molecule has 2 rings (SSSR count). The zero-order chi connectivity index (χ0) is 10.8. The SMILES string of the molecule is Cc1nc(N2CCCC(C(C)C)C2)no1. The van der Waals surface area contributed by atoms with E-state index >= 15 is 0 Å². The first kappa shape index (κ1) is 10.5. The van der Waals surface area contributed by atoms with Crippen molar-refractivity contribution < 1.29 is 4.52 Å². The van der Waals surface area contributed by atoms with E-state index in [2.05, 4.69) is 28.9 Å². The summed E-state index contributed by atoms with van der Waals surface area (Å²) in [5.41, 5.74) is 0. The number of hydrogen-bond acceptors (Lipinski definition) is 4. The van der Waals surface area contributed by atoms with Gasteiger partial charge < -0.3 is 9.42 Å². The minimum absolute atomic E-state index is 0.650. The second-order valence-electron chi connectivity index (χ2n) is 4.71. The van der Waals surface area contributed by atoms with Crippen molar-refractivity contribution in [3.05, 3.63) is 5.89 Å². The molecular weight excluding hydrogens is 190 g/mol. The number of hydrogen-bond donors (Lipinski definition) is 0. The van der Waals surface area contributed by atoms with Crippen LogP contribution in [0.4, 0.5) is 5.95 Å². The highest BCUT2D eigenvalue weighted by molar-refractivity contribution is 5.28. The Morgan fingerprint density at radius 3 is 2.87 bits per heavy atom. The number of piperidine rings is 1. The fourth-order valence-corrected chi connectivity index (χ4v) is 2.15. The van der Waals surface area contributed by atoms with E-state index in [0.29, 0.717) is 5.89 Å². The fraction of sp³-hybridized carbons (Fsp3) is 0.818. The van der Waals surface area contributed by atoms with Gasteiger partial charge in [0.1, 0.15) is 0 Å². The summed E-state index contributed by atoms with van der Waals surface area (Å²) in [5.74, 6) is 2.91. The Balaban J connectivity index is 2.04. The summed E-state index contributed by atoms with van der Waals surface area (Å²) in [5, 5.41) is 3.97. The standard InChI is InChI=1S/C11H19N3O/c1-8(2)10-5-4-6-14(7-10)11-12-9(3)15-13-11/h8,10H,4-7H2,1-3H3. The predicted molar refractivity (Wildman–Crippen MR) is 58.8 cm³/mol. The normalized spacial score (nSPS) is 22.4. The third kappa shape index (κ3) is 2.30. The molecular formula is C11H19N3O. The third-order valence-corrected chi connectivity index (χ3v) is 3.20. The van der Waals surface area contributed by atoms with Gasteiger partial charge in [-0.15, -0.1) is 0 Å². The summed E-state index contributed by atoms with van der Waals surface area (Å²) < 4.78 is 5.01. The van der Waals surface area contributed by atoms with Crippen LogP contribution >= 0.6 is 0 Å². The zero-order valence-electron chi connectivity index (χ0n) is 9.73. The van der Waals surface area contributed by atoms with Crippen LogP contribution in [0.3, 0.4) is 0 Å². The van der Waals surface area contributed by atoms with Crippen LogP contribution in [0, 0.1) is 18.8 Å². The van der Waals surface area contributed by atoms with E-state index in [0.717, 1.165) is 30.9 Å². The molecule has 84 valence electrons. The molecule has 2 heterocycles. The molecule has 1 unspecified atom stereocenters. The monoisotopic (exact) mass is 209 g/mol. The van der Waals surface area contributed by atoms with Crippen LogP contribution in [-0.2, 0) is 0 Å². The molecule has 0 N–H and O–H groups in total. The van der Waals surface area contributed by atoms with Gasteiger partial charge >= 0.3 is 0 Å². The second-order valence-corrected chi connectivity index (χ2v) is 4.71. The minimum atomic E-state index is 0.650. The van der Waals surface area contributed by atoms with Crippen LogP contribution in [0.25, 0.3) is 0 Å². The fourth-order valence-electron chi connectivity index (χ4n) is 2.15. The first-order valence-electron chi connectivity index (χ1n) is 5.72. The Morgan fingerprint density at radius 1 is 1.47 bits per heavy atom. The van der Waals surface area contributed by atoms with E-state index < -0.39 is 0 Å². The maximum Gasteiger partial charge on any atom is 0.266 e. The van der Waals surface area contributed by atoms with Gasteiger partial charge in [0.15, 0.2) is 0 Å². The third-order valence-electron chi connectivity index (χ3n) is 3.20. The van der Waals surface area contributed by atoms with E-state index in [1.165, 1.54) is 12.8 Å². The summed E-state index contributed by atoms with van der Waals surface area (Å²) in [6.45, 7) is 8.53. The van der Waals surface area contributed by atoms with Crippen LogP contribution < -0.4 is 4.90 Å². The van der Waals surface area contributed by atoms with Crippen LogP contribution in [-0.4, -0.2) is 23.2 Å². The van der Waals surface area contributed by atoms with Gasteiger partial charge in [-0.25, -0.2) is 0 Å². The molecule has 0 saturated carbocycles. The Hall–Kier alpha value is -1.06. The summed E-state index contributed by atoms with van der Waals surface area (Å²) in [6, 6.07) is 0. The van der Waals surface area contributed by atoms with Gasteiger partial charge in [-0.1, -0.05) is 13.8 Å². The van der Waals surface area contributed by atoms with Crippen molar-refractivity contribution in [1.29, 1.82) is 0 Å². The summed E-state index contributed by atoms with van der Waals surface area (Å²) in [7, 11) is 0. The van der Waals surface area contributed by atoms with E-state index in [1.807, 2.05) is 6.92 Å². The lowest BCUT2D eigenvalue weighted by Gasteiger charge is -2.33. The van der Waals surface area contributed by atoms with Crippen molar-refractivity contribution in [2.75, 3.05) is 18.0 Å². The molecule has 0 spiro atoms. The molecule has 0 radical (unpaired) electrons. The number of rotatable bonds is 2. The topological polar surface area (TPSA) is 42.2 Å². The highest BCUT2D eigenvalue weighted by Gasteiger charge is 2.24. The predicted octanol–water partition coefficient (Wildman–Crippen LogP) is 2.25. The van der Waals surface area contributed by atoms with Gasteiger partial charge in [0, 0.05) is 20.0 Å². The number of aromatic nitrogens is 2. The molecule has 0 aliphatic carbocycles. The van der Waals surface area contributed by atoms with Crippen molar-refractivity contribution in [1.82, 2.24) is 10.1 Å². The summed E-state index contributed by atoms with van der Waals surface area (Å²) in [4.78, 5) is 6.52. The van der Waals surface area contributed by atoms with Gasteiger partial charge in [0.05, 0.1) is 0 Å². The quantitative estimate of drug-likeness (QED) is 0.749. The minimum Gasteiger partial charge on any atom is -0.338 e. The highest BCUT2D eigenvalue weighted by atomic mass is 16.5. The van der Waals surface area contributed by atoms with E-state index in [1.54, 1.807) is 0 Å². The van der Waals surface area contributed by atoms with Crippen LogP contribution in [0.2, 0.25) is 0 Å². The second kappa shape index (κ2) is 4.21. The highest BCUT2D eigenvalue weighted by Crippen LogP contribution is 2.25. The zero-order valence-corrected chi connectivity index (χ0v) is 9.73. The number of aryl methyl sites for hydroxylation is 1. The Morgan fingerprint density at radius 2 is 2.27 bits per heavy atom. The van der Waals surface area contributed by atoms with E-state index in [4.69, 9.17) is 4.52 Å². The summed E-state index contributed by atoms with van der Waals surface area (Å²) >= 11 is 0. The number of anilines is 1.